The van der Waals surface area contributed by atoms with Gasteiger partial charge in [0.15, 0.2) is 6.29 Å². The second-order valence-corrected chi connectivity index (χ2v) is 4.12. The van der Waals surface area contributed by atoms with E-state index in [1.54, 1.807) is 32.0 Å². The average Bonchev–Trinajstić information content (AvgIpc) is 2.28. The molecule has 0 saturated carbocycles. The van der Waals surface area contributed by atoms with E-state index in [0.717, 1.165) is 0 Å². The van der Waals surface area contributed by atoms with Crippen LogP contribution in [0.15, 0.2) is 18.2 Å². The molecule has 1 aromatic carbocycles. The number of ether oxygens (including phenoxy) is 2. The van der Waals surface area contributed by atoms with Crippen LogP contribution in [-0.4, -0.2) is 19.5 Å². The number of hydrogen-bond donors (Lipinski definition) is 0. The molecule has 0 saturated heterocycles. The zero-order chi connectivity index (χ0) is 12.9. The van der Waals surface area contributed by atoms with Gasteiger partial charge in [0.2, 0.25) is 0 Å². The Balaban J connectivity index is 3.24. The van der Waals surface area contributed by atoms with E-state index in [1.165, 1.54) is 0 Å². The highest BCUT2D eigenvalue weighted by atomic mass is 35.5. The monoisotopic (exact) mass is 276 g/mol. The maximum absolute atomic E-state index is 11.3. The molecule has 0 radical (unpaired) electrons. The van der Waals surface area contributed by atoms with Crippen molar-refractivity contribution in [3.8, 4) is 0 Å². The molecule has 0 N–H and O–H groups in total. The van der Waals surface area contributed by atoms with Crippen molar-refractivity contribution in [1.29, 1.82) is 0 Å². The molecule has 5 heteroatoms. The summed E-state index contributed by atoms with van der Waals surface area (Å²) in [7, 11) is 0. The Labute approximate surface area is 111 Å². The zero-order valence-corrected chi connectivity index (χ0v) is 11.2. The third kappa shape index (κ3) is 3.19. The minimum atomic E-state index is -1.45. The van der Waals surface area contributed by atoms with Crippen LogP contribution in [0, 0.1) is 0 Å². The molecule has 17 heavy (non-hydrogen) atoms. The molecule has 1 aromatic rings. The smallest absolute Gasteiger partial charge is 0.254 e. The summed E-state index contributed by atoms with van der Waals surface area (Å²) in [6.07, 6.45) is 0.606. The van der Waals surface area contributed by atoms with Crippen molar-refractivity contribution in [2.45, 2.75) is 19.6 Å². The van der Waals surface area contributed by atoms with Crippen molar-refractivity contribution in [3.63, 3.8) is 0 Å². The number of carbonyl (C=O) groups excluding carboxylic acids is 1. The van der Waals surface area contributed by atoms with E-state index < -0.39 is 5.79 Å². The van der Waals surface area contributed by atoms with Crippen molar-refractivity contribution in [3.05, 3.63) is 33.8 Å². The first kappa shape index (κ1) is 14.5. The lowest BCUT2D eigenvalue weighted by molar-refractivity contribution is -0.222. The van der Waals surface area contributed by atoms with Crippen molar-refractivity contribution < 1.29 is 14.3 Å². The van der Waals surface area contributed by atoms with Gasteiger partial charge in [-0.2, -0.15) is 0 Å². The molecule has 1 rings (SSSR count). The first-order valence-electron chi connectivity index (χ1n) is 5.29. The van der Waals surface area contributed by atoms with Crippen LogP contribution < -0.4 is 0 Å². The predicted molar refractivity (Wildman–Crippen MR) is 67.5 cm³/mol. The van der Waals surface area contributed by atoms with Crippen LogP contribution in [0.3, 0.4) is 0 Å². The van der Waals surface area contributed by atoms with Gasteiger partial charge < -0.3 is 9.47 Å². The van der Waals surface area contributed by atoms with Crippen LogP contribution in [0.25, 0.3) is 0 Å². The summed E-state index contributed by atoms with van der Waals surface area (Å²) in [4.78, 5) is 11.3. The molecule has 3 nitrogen and oxygen atoms in total. The van der Waals surface area contributed by atoms with Crippen LogP contribution in [0.5, 0.6) is 0 Å². The van der Waals surface area contributed by atoms with E-state index in [4.69, 9.17) is 32.7 Å². The van der Waals surface area contributed by atoms with E-state index in [0.29, 0.717) is 35.1 Å². The average molecular weight is 277 g/mol. The van der Waals surface area contributed by atoms with Gasteiger partial charge in [0, 0.05) is 23.8 Å². The van der Waals surface area contributed by atoms with Crippen LogP contribution in [0.4, 0.5) is 0 Å². The molecular weight excluding hydrogens is 263 g/mol. The van der Waals surface area contributed by atoms with Gasteiger partial charge in [0.25, 0.3) is 5.79 Å². The fourth-order valence-electron chi connectivity index (χ4n) is 1.53. The fraction of sp³-hybridized carbons (Fsp3) is 0.417. The third-order valence-corrected chi connectivity index (χ3v) is 2.73. The van der Waals surface area contributed by atoms with E-state index in [2.05, 4.69) is 0 Å². The number of benzene rings is 1. The molecule has 0 aliphatic carbocycles. The summed E-state index contributed by atoms with van der Waals surface area (Å²) in [5.41, 5.74) is 0.460. The molecule has 0 bridgehead atoms. The summed E-state index contributed by atoms with van der Waals surface area (Å²) < 4.78 is 10.8. The molecule has 0 amide bonds. The molecule has 0 spiro atoms. The molecule has 0 fully saturated rings. The van der Waals surface area contributed by atoms with Gasteiger partial charge in [0.05, 0.1) is 5.02 Å². The van der Waals surface area contributed by atoms with Gasteiger partial charge in [0.1, 0.15) is 0 Å². The Morgan fingerprint density at radius 1 is 1.24 bits per heavy atom. The van der Waals surface area contributed by atoms with Crippen molar-refractivity contribution >= 4 is 29.5 Å². The lowest BCUT2D eigenvalue weighted by Gasteiger charge is -2.28. The van der Waals surface area contributed by atoms with Crippen molar-refractivity contribution in [2.24, 2.45) is 0 Å². The number of rotatable bonds is 6. The molecule has 0 aliphatic heterocycles. The molecule has 0 atom stereocenters. The summed E-state index contributed by atoms with van der Waals surface area (Å²) in [6.45, 7) is 4.22. The highest BCUT2D eigenvalue weighted by Gasteiger charge is 2.35. The lowest BCUT2D eigenvalue weighted by Crippen LogP contribution is -2.35. The Bertz CT molecular complexity index is 387. The highest BCUT2D eigenvalue weighted by Crippen LogP contribution is 2.33. The maximum atomic E-state index is 11.3. The molecule has 0 unspecified atom stereocenters. The SMILES string of the molecule is CCOC(C=O)(OCC)c1ccc(Cl)cc1Cl. The van der Waals surface area contributed by atoms with Crippen LogP contribution in [-0.2, 0) is 20.1 Å². The van der Waals surface area contributed by atoms with Gasteiger partial charge >= 0.3 is 0 Å². The van der Waals surface area contributed by atoms with Crippen LogP contribution in [0.1, 0.15) is 19.4 Å². The highest BCUT2D eigenvalue weighted by molar-refractivity contribution is 6.35. The third-order valence-electron chi connectivity index (χ3n) is 2.18. The quantitative estimate of drug-likeness (QED) is 0.590. The molecule has 0 heterocycles. The Kier molecular flexibility index (Phi) is 5.40. The summed E-state index contributed by atoms with van der Waals surface area (Å²) in [5, 5.41) is 0.832. The Hall–Kier alpha value is -0.610. The molecule has 0 aromatic heterocycles. The summed E-state index contributed by atoms with van der Waals surface area (Å²) >= 11 is 11.9. The molecule has 0 aliphatic rings. The topological polar surface area (TPSA) is 35.5 Å². The van der Waals surface area contributed by atoms with E-state index >= 15 is 0 Å². The molecule has 94 valence electrons. The summed E-state index contributed by atoms with van der Waals surface area (Å²) in [6, 6.07) is 4.82. The minimum absolute atomic E-state index is 0.331. The first-order chi connectivity index (χ1) is 8.09. The van der Waals surface area contributed by atoms with E-state index in [9.17, 15) is 4.79 Å². The van der Waals surface area contributed by atoms with Crippen LogP contribution in [0.2, 0.25) is 10.0 Å². The van der Waals surface area contributed by atoms with Crippen molar-refractivity contribution in [2.75, 3.05) is 13.2 Å². The van der Waals surface area contributed by atoms with Gasteiger partial charge in [-0.05, 0) is 26.0 Å². The predicted octanol–water partition coefficient (Wildman–Crippen LogP) is 3.42. The Morgan fingerprint density at radius 2 is 1.82 bits per heavy atom. The standard InChI is InChI=1S/C12H14Cl2O3/c1-3-16-12(8-15,17-4-2)10-6-5-9(13)7-11(10)14/h5-8H,3-4H2,1-2H3. The largest absolute Gasteiger partial charge is 0.340 e. The van der Waals surface area contributed by atoms with E-state index in [1.807, 2.05) is 0 Å². The van der Waals surface area contributed by atoms with E-state index in [-0.39, 0.29) is 0 Å². The van der Waals surface area contributed by atoms with Gasteiger partial charge in [-0.1, -0.05) is 29.3 Å². The second-order valence-electron chi connectivity index (χ2n) is 3.28. The number of hydrogen-bond acceptors (Lipinski definition) is 3. The Morgan fingerprint density at radius 3 is 2.24 bits per heavy atom. The molecular formula is C12H14Cl2O3. The van der Waals surface area contributed by atoms with Crippen LogP contribution >= 0.6 is 23.2 Å². The van der Waals surface area contributed by atoms with Gasteiger partial charge in [-0.15, -0.1) is 0 Å². The minimum Gasteiger partial charge on any atom is -0.340 e. The summed E-state index contributed by atoms with van der Waals surface area (Å²) in [5.74, 6) is -1.45. The number of aldehydes is 1. The normalized spacial score (nSPS) is 11.5. The lowest BCUT2D eigenvalue weighted by atomic mass is 10.1. The fourth-order valence-corrected chi connectivity index (χ4v) is 2.07. The van der Waals surface area contributed by atoms with Crippen molar-refractivity contribution in [1.82, 2.24) is 0 Å². The number of carbonyl (C=O) groups is 1. The van der Waals surface area contributed by atoms with Gasteiger partial charge in [-0.3, -0.25) is 4.79 Å². The zero-order valence-electron chi connectivity index (χ0n) is 9.70. The maximum Gasteiger partial charge on any atom is 0.254 e. The first-order valence-corrected chi connectivity index (χ1v) is 6.05. The van der Waals surface area contributed by atoms with Gasteiger partial charge in [-0.25, -0.2) is 0 Å². The second kappa shape index (κ2) is 6.36. The number of halogens is 2.